The van der Waals surface area contributed by atoms with Gasteiger partial charge < -0.3 is 32.9 Å². The van der Waals surface area contributed by atoms with Crippen molar-refractivity contribution in [1.82, 2.24) is 0 Å². The van der Waals surface area contributed by atoms with E-state index < -0.39 is 16.6 Å². The predicted molar refractivity (Wildman–Crippen MR) is 182 cm³/mol. The first kappa shape index (κ1) is 36.8. The topological polar surface area (TPSA) is 75.6 Å². The van der Waals surface area contributed by atoms with Crippen molar-refractivity contribution in [3.63, 3.8) is 0 Å². The number of rotatable bonds is 13. The second-order valence-electron chi connectivity index (χ2n) is 14.7. The summed E-state index contributed by atoms with van der Waals surface area (Å²) in [5, 5.41) is 10.2. The summed E-state index contributed by atoms with van der Waals surface area (Å²) in [5.41, 5.74) is 1.96. The van der Waals surface area contributed by atoms with Crippen molar-refractivity contribution in [1.29, 1.82) is 0 Å². The van der Waals surface area contributed by atoms with E-state index >= 15 is 0 Å². The minimum atomic E-state index is -2.20. The molecule has 0 fully saturated rings. The first-order chi connectivity index (χ1) is 19.7. The fourth-order valence-electron chi connectivity index (χ4n) is 4.47. The van der Waals surface area contributed by atoms with Gasteiger partial charge in [-0.25, -0.2) is 0 Å². The fourth-order valence-corrected chi connectivity index (χ4v) is 6.51. The summed E-state index contributed by atoms with van der Waals surface area (Å²) >= 11 is 0. The van der Waals surface area contributed by atoms with Crippen LogP contribution >= 0.6 is 0 Å². The van der Waals surface area contributed by atoms with E-state index in [1.165, 1.54) is 0 Å². The molecule has 2 atom stereocenters. The molecule has 0 saturated heterocycles. The smallest absolute Gasteiger partial charge is 0.250 e. The van der Waals surface area contributed by atoms with E-state index in [9.17, 15) is 5.11 Å². The molecule has 7 nitrogen and oxygen atoms in total. The second-order valence-corrected chi connectivity index (χ2v) is 24.2. The molecule has 1 N–H and O–H groups in total. The Labute approximate surface area is 263 Å². The van der Waals surface area contributed by atoms with Crippen LogP contribution in [0.2, 0.25) is 36.3 Å². The Bertz CT molecular complexity index is 1090. The highest BCUT2D eigenvalue weighted by Gasteiger charge is 2.42. The zero-order chi connectivity index (χ0) is 33.1. The Morgan fingerprint density at radius 2 is 0.884 bits per heavy atom. The molecule has 0 aliphatic carbocycles. The molecule has 9 heteroatoms. The van der Waals surface area contributed by atoms with E-state index in [0.717, 1.165) is 11.1 Å². The minimum Gasteiger partial charge on any atom is -0.539 e. The second kappa shape index (κ2) is 13.7. The molecule has 2 aromatic rings. The predicted octanol–water partition coefficient (Wildman–Crippen LogP) is 8.89. The Kier molecular flexibility index (Phi) is 11.8. The third-order valence-electron chi connectivity index (χ3n) is 9.72. The highest BCUT2D eigenvalue weighted by molar-refractivity contribution is 6.75. The van der Waals surface area contributed by atoms with Crippen LogP contribution in [-0.2, 0) is 0 Å². The fraction of sp³-hybridized carbons (Fsp3) is 0.647. The van der Waals surface area contributed by atoms with Crippen molar-refractivity contribution in [2.24, 2.45) is 11.8 Å². The number of methoxy groups -OCH3 is 4. The molecule has 2 rings (SSSR count). The number of hydrogen-bond acceptors (Lipinski definition) is 7. The molecule has 0 aliphatic heterocycles. The summed E-state index contributed by atoms with van der Waals surface area (Å²) in [6.07, 6.45) is 0. The van der Waals surface area contributed by atoms with Crippen LogP contribution in [0.5, 0.6) is 34.5 Å². The summed E-state index contributed by atoms with van der Waals surface area (Å²) in [7, 11) is 2.24. The quantitative estimate of drug-likeness (QED) is 0.221. The SMILES string of the molecule is COc1cc(C(c2cc(OC)c(O[Si](C)(C)C(C)(C)C)c(OC)c2)[C@H](C)[C@@H](C)CO)cc(OC)c1O[Si](C)(C)C(C)(C)C. The van der Waals surface area contributed by atoms with Crippen molar-refractivity contribution in [3.05, 3.63) is 35.4 Å². The third-order valence-corrected chi connectivity index (χ3v) is 18.4. The molecule has 0 bridgehead atoms. The van der Waals surface area contributed by atoms with Gasteiger partial charge in [0.05, 0.1) is 28.4 Å². The van der Waals surface area contributed by atoms with Crippen LogP contribution in [-0.4, -0.2) is 56.8 Å². The maximum atomic E-state index is 10.2. The van der Waals surface area contributed by atoms with Gasteiger partial charge in [-0.3, -0.25) is 0 Å². The molecule has 0 spiro atoms. The van der Waals surface area contributed by atoms with Gasteiger partial charge in [0, 0.05) is 12.5 Å². The number of benzene rings is 2. The molecule has 244 valence electrons. The van der Waals surface area contributed by atoms with E-state index in [1.54, 1.807) is 28.4 Å². The Morgan fingerprint density at radius 1 is 0.605 bits per heavy atom. The summed E-state index contributed by atoms with van der Waals surface area (Å²) in [6, 6.07) is 8.15. The Hall–Kier alpha value is -2.37. The molecule has 2 aromatic carbocycles. The van der Waals surface area contributed by atoms with Crippen molar-refractivity contribution in [3.8, 4) is 34.5 Å². The summed E-state index contributed by atoms with van der Waals surface area (Å²) in [6.45, 7) is 26.4. The van der Waals surface area contributed by atoms with Gasteiger partial charge in [-0.1, -0.05) is 55.4 Å². The molecule has 0 heterocycles. The van der Waals surface area contributed by atoms with Crippen molar-refractivity contribution < 1.29 is 32.9 Å². The van der Waals surface area contributed by atoms with Gasteiger partial charge in [0.15, 0.2) is 34.5 Å². The van der Waals surface area contributed by atoms with Gasteiger partial charge in [-0.15, -0.1) is 0 Å². The van der Waals surface area contributed by atoms with E-state index in [4.69, 9.17) is 27.8 Å². The zero-order valence-corrected chi connectivity index (χ0v) is 31.6. The molecule has 0 unspecified atom stereocenters. The van der Waals surface area contributed by atoms with E-state index in [2.05, 4.69) is 81.6 Å². The number of aliphatic hydroxyl groups is 1. The lowest BCUT2D eigenvalue weighted by Crippen LogP contribution is -2.44. The normalized spacial score (nSPS) is 14.3. The lowest BCUT2D eigenvalue weighted by molar-refractivity contribution is 0.186. The highest BCUT2D eigenvalue weighted by Crippen LogP contribution is 2.51. The first-order valence-corrected chi connectivity index (χ1v) is 21.0. The average molecular weight is 635 g/mol. The standard InChI is InChI=1S/C34H58O7Si2/c1-22(21-35)23(2)30(24-17-26(36-9)31(27(18-24)37-10)40-42(13,14)33(3,4)5)25-19-28(38-11)32(29(20-25)39-12)41-43(15,16)34(6,7)8/h17-20,22-23,30,35H,21H2,1-16H3/t22-,23+/m0/s1. The average Bonchev–Trinajstić information content (AvgIpc) is 2.91. The molecule has 0 amide bonds. The van der Waals surface area contributed by atoms with E-state index in [0.29, 0.717) is 34.5 Å². The molecule has 0 saturated carbocycles. The molecular weight excluding hydrogens is 577 g/mol. The summed E-state index contributed by atoms with van der Waals surface area (Å²) in [5.74, 6) is 3.59. The van der Waals surface area contributed by atoms with Gasteiger partial charge in [0.25, 0.3) is 16.6 Å². The van der Waals surface area contributed by atoms with E-state index in [1.807, 2.05) is 24.3 Å². The van der Waals surface area contributed by atoms with Crippen LogP contribution in [0.25, 0.3) is 0 Å². The third kappa shape index (κ3) is 8.03. The summed E-state index contributed by atoms with van der Waals surface area (Å²) < 4.78 is 37.2. The van der Waals surface area contributed by atoms with Crippen LogP contribution in [0.4, 0.5) is 0 Å². The van der Waals surface area contributed by atoms with E-state index in [-0.39, 0.29) is 34.4 Å². The first-order valence-electron chi connectivity index (χ1n) is 15.2. The monoisotopic (exact) mass is 634 g/mol. The lowest BCUT2D eigenvalue weighted by atomic mass is 9.76. The van der Waals surface area contributed by atoms with Gasteiger partial charge >= 0.3 is 0 Å². The Balaban J connectivity index is 2.86. The zero-order valence-electron chi connectivity index (χ0n) is 29.6. The molecule has 43 heavy (non-hydrogen) atoms. The van der Waals surface area contributed by atoms with Gasteiger partial charge in [-0.05, 0) is 83.5 Å². The van der Waals surface area contributed by atoms with Gasteiger partial charge in [0.1, 0.15) is 0 Å². The Morgan fingerprint density at radius 3 is 1.09 bits per heavy atom. The molecule has 0 radical (unpaired) electrons. The van der Waals surface area contributed by atoms with Crippen LogP contribution in [0, 0.1) is 11.8 Å². The molecular formula is C34H58O7Si2. The largest absolute Gasteiger partial charge is 0.539 e. The van der Waals surface area contributed by atoms with Crippen molar-refractivity contribution in [2.45, 2.75) is 97.6 Å². The van der Waals surface area contributed by atoms with Crippen molar-refractivity contribution in [2.75, 3.05) is 35.0 Å². The van der Waals surface area contributed by atoms with Gasteiger partial charge in [-0.2, -0.15) is 0 Å². The summed E-state index contributed by atoms with van der Waals surface area (Å²) in [4.78, 5) is 0. The molecule has 0 aromatic heterocycles. The van der Waals surface area contributed by atoms with Crippen molar-refractivity contribution >= 4 is 16.6 Å². The maximum Gasteiger partial charge on any atom is 0.250 e. The number of hydrogen-bond donors (Lipinski definition) is 1. The minimum absolute atomic E-state index is 0.00334. The number of ether oxygens (including phenoxy) is 4. The van der Waals surface area contributed by atoms with Crippen LogP contribution in [0.15, 0.2) is 24.3 Å². The van der Waals surface area contributed by atoms with Gasteiger partial charge in [0.2, 0.25) is 0 Å². The van der Waals surface area contributed by atoms with Crippen LogP contribution in [0.1, 0.15) is 72.4 Å². The van der Waals surface area contributed by atoms with Crippen LogP contribution < -0.4 is 27.8 Å². The molecule has 0 aliphatic rings. The maximum absolute atomic E-state index is 10.2. The highest BCUT2D eigenvalue weighted by atomic mass is 28.4. The van der Waals surface area contributed by atoms with Crippen LogP contribution in [0.3, 0.4) is 0 Å². The lowest BCUT2D eigenvalue weighted by Gasteiger charge is -2.38. The number of aliphatic hydroxyl groups excluding tert-OH is 1.